The van der Waals surface area contributed by atoms with Gasteiger partial charge in [-0.25, -0.2) is 4.79 Å². The summed E-state index contributed by atoms with van der Waals surface area (Å²) in [5.41, 5.74) is -1.01. The number of carbonyl (C=O) groups is 3. The molecule has 110 valence electrons. The van der Waals surface area contributed by atoms with Crippen LogP contribution in [0.15, 0.2) is 0 Å². The van der Waals surface area contributed by atoms with Crippen molar-refractivity contribution in [3.05, 3.63) is 0 Å². The number of aliphatic carboxylic acids is 1. The molecule has 0 fully saturated rings. The molecule has 0 aliphatic carbocycles. The van der Waals surface area contributed by atoms with Gasteiger partial charge in [0.15, 0.2) is 0 Å². The summed E-state index contributed by atoms with van der Waals surface area (Å²) in [5, 5.41) is 11.6. The van der Waals surface area contributed by atoms with E-state index >= 15 is 0 Å². The van der Waals surface area contributed by atoms with Gasteiger partial charge in [0.2, 0.25) is 0 Å². The average molecular weight is 274 g/mol. The third-order valence-corrected chi connectivity index (χ3v) is 2.94. The lowest BCUT2D eigenvalue weighted by atomic mass is 9.88. The van der Waals surface area contributed by atoms with E-state index in [0.29, 0.717) is 6.42 Å². The lowest BCUT2D eigenvalue weighted by molar-refractivity contribution is -0.148. The molecule has 0 radical (unpaired) electrons. The maximum atomic E-state index is 11.7. The van der Waals surface area contributed by atoms with Gasteiger partial charge >= 0.3 is 18.0 Å². The molecule has 0 rings (SSSR count). The van der Waals surface area contributed by atoms with Gasteiger partial charge in [0.1, 0.15) is 6.54 Å². The minimum atomic E-state index is -1.01. The number of nitrogens with zero attached hydrogens (tertiary/aromatic N) is 1. The van der Waals surface area contributed by atoms with E-state index in [1.54, 1.807) is 20.8 Å². The summed E-state index contributed by atoms with van der Waals surface area (Å²) in [4.78, 5) is 35.1. The largest absolute Gasteiger partial charge is 0.481 e. The molecule has 0 aromatic rings. The van der Waals surface area contributed by atoms with E-state index in [1.807, 2.05) is 0 Å². The summed E-state index contributed by atoms with van der Waals surface area (Å²) in [7, 11) is 1.44. The monoisotopic (exact) mass is 274 g/mol. The predicted molar refractivity (Wildman–Crippen MR) is 68.7 cm³/mol. The zero-order chi connectivity index (χ0) is 15.1. The molecule has 1 atom stereocenters. The number of nitrogens with one attached hydrogen (secondary N) is 1. The lowest BCUT2D eigenvalue weighted by Crippen LogP contribution is -2.46. The summed E-state index contributed by atoms with van der Waals surface area (Å²) >= 11 is 0. The van der Waals surface area contributed by atoms with Crippen molar-refractivity contribution >= 4 is 18.0 Å². The standard InChI is InChI=1S/C12H22N2O5/c1-5-12(3,10(16)17)8-13-11(18)14(4)7-9(15)19-6-2/h5-8H2,1-4H3,(H,13,18)(H,16,17). The van der Waals surface area contributed by atoms with Crippen molar-refractivity contribution in [3.63, 3.8) is 0 Å². The molecule has 1 unspecified atom stereocenters. The van der Waals surface area contributed by atoms with E-state index in [0.717, 1.165) is 4.90 Å². The van der Waals surface area contributed by atoms with Crippen LogP contribution in [-0.4, -0.2) is 54.7 Å². The molecule has 0 aromatic carbocycles. The normalized spacial score (nSPS) is 13.3. The molecule has 19 heavy (non-hydrogen) atoms. The third kappa shape index (κ3) is 5.58. The zero-order valence-corrected chi connectivity index (χ0v) is 11.9. The SMILES string of the molecule is CCOC(=O)CN(C)C(=O)NCC(C)(CC)C(=O)O. The molecule has 7 heteroatoms. The summed E-state index contributed by atoms with van der Waals surface area (Å²) < 4.78 is 4.71. The maximum Gasteiger partial charge on any atom is 0.325 e. The molecule has 2 amide bonds. The van der Waals surface area contributed by atoms with Gasteiger partial charge in [-0.1, -0.05) is 6.92 Å². The van der Waals surface area contributed by atoms with Gasteiger partial charge in [-0.3, -0.25) is 9.59 Å². The Labute approximate surface area is 112 Å². The Kier molecular flexibility index (Phi) is 6.89. The van der Waals surface area contributed by atoms with Crippen molar-refractivity contribution in [3.8, 4) is 0 Å². The van der Waals surface area contributed by atoms with Gasteiger partial charge in [0, 0.05) is 13.6 Å². The van der Waals surface area contributed by atoms with Crippen molar-refractivity contribution in [2.75, 3.05) is 26.7 Å². The minimum absolute atomic E-state index is 0.00479. The van der Waals surface area contributed by atoms with Crippen LogP contribution in [0.5, 0.6) is 0 Å². The summed E-state index contributed by atoms with van der Waals surface area (Å²) in [6.45, 7) is 5.06. The Bertz CT molecular complexity index is 345. The fourth-order valence-electron chi connectivity index (χ4n) is 1.23. The summed E-state index contributed by atoms with van der Waals surface area (Å²) in [6, 6.07) is -0.506. The van der Waals surface area contributed by atoms with E-state index < -0.39 is 23.4 Å². The van der Waals surface area contributed by atoms with Gasteiger partial charge in [-0.05, 0) is 20.3 Å². The molecule has 0 aliphatic heterocycles. The Morgan fingerprint density at radius 1 is 1.32 bits per heavy atom. The van der Waals surface area contributed by atoms with Crippen LogP contribution in [0.4, 0.5) is 4.79 Å². The van der Waals surface area contributed by atoms with E-state index in [-0.39, 0.29) is 19.7 Å². The number of amides is 2. The maximum absolute atomic E-state index is 11.7. The first-order valence-electron chi connectivity index (χ1n) is 6.14. The van der Waals surface area contributed by atoms with E-state index in [2.05, 4.69) is 5.32 Å². The number of carbonyl (C=O) groups excluding carboxylic acids is 2. The van der Waals surface area contributed by atoms with Crippen molar-refractivity contribution in [2.24, 2.45) is 5.41 Å². The van der Waals surface area contributed by atoms with Crippen molar-refractivity contribution in [1.29, 1.82) is 0 Å². The van der Waals surface area contributed by atoms with Crippen molar-refractivity contribution in [1.82, 2.24) is 10.2 Å². The topological polar surface area (TPSA) is 95.9 Å². The second-order valence-corrected chi connectivity index (χ2v) is 4.54. The Hall–Kier alpha value is -1.79. The van der Waals surface area contributed by atoms with Gasteiger partial charge in [-0.15, -0.1) is 0 Å². The van der Waals surface area contributed by atoms with Crippen LogP contribution in [0.1, 0.15) is 27.2 Å². The molecule has 0 bridgehead atoms. The number of hydrogen-bond acceptors (Lipinski definition) is 4. The number of ether oxygens (including phenoxy) is 1. The second-order valence-electron chi connectivity index (χ2n) is 4.54. The highest BCUT2D eigenvalue weighted by molar-refractivity contribution is 5.81. The van der Waals surface area contributed by atoms with Gasteiger partial charge < -0.3 is 20.1 Å². The molecule has 0 saturated heterocycles. The van der Waals surface area contributed by atoms with E-state index in [1.165, 1.54) is 7.05 Å². The van der Waals surface area contributed by atoms with Gasteiger partial charge in [0.25, 0.3) is 0 Å². The molecular weight excluding hydrogens is 252 g/mol. The van der Waals surface area contributed by atoms with Gasteiger partial charge in [0.05, 0.1) is 12.0 Å². The number of carboxylic acid groups (broad SMARTS) is 1. The third-order valence-electron chi connectivity index (χ3n) is 2.94. The van der Waals surface area contributed by atoms with Gasteiger partial charge in [-0.2, -0.15) is 0 Å². The van der Waals surface area contributed by atoms with Crippen LogP contribution in [0.2, 0.25) is 0 Å². The Morgan fingerprint density at radius 3 is 2.32 bits per heavy atom. The molecule has 0 aromatic heterocycles. The smallest absolute Gasteiger partial charge is 0.325 e. The number of esters is 1. The first-order valence-corrected chi connectivity index (χ1v) is 6.14. The summed E-state index contributed by atoms with van der Waals surface area (Å²) in [5.74, 6) is -1.47. The van der Waals surface area contributed by atoms with Crippen LogP contribution < -0.4 is 5.32 Å². The highest BCUT2D eigenvalue weighted by Gasteiger charge is 2.31. The predicted octanol–water partition coefficient (Wildman–Crippen LogP) is 0.692. The Morgan fingerprint density at radius 2 is 1.89 bits per heavy atom. The van der Waals surface area contributed by atoms with E-state index in [9.17, 15) is 14.4 Å². The average Bonchev–Trinajstić information content (AvgIpc) is 2.35. The van der Waals surface area contributed by atoms with Crippen LogP contribution in [-0.2, 0) is 14.3 Å². The van der Waals surface area contributed by atoms with Crippen LogP contribution in [0.25, 0.3) is 0 Å². The molecule has 2 N–H and O–H groups in total. The van der Waals surface area contributed by atoms with Crippen molar-refractivity contribution in [2.45, 2.75) is 27.2 Å². The molecule has 0 aliphatic rings. The molecule has 7 nitrogen and oxygen atoms in total. The van der Waals surface area contributed by atoms with Crippen LogP contribution in [0.3, 0.4) is 0 Å². The summed E-state index contributed by atoms with van der Waals surface area (Å²) in [6.07, 6.45) is 0.393. The zero-order valence-electron chi connectivity index (χ0n) is 11.9. The molecule has 0 spiro atoms. The second kappa shape index (κ2) is 7.60. The highest BCUT2D eigenvalue weighted by Crippen LogP contribution is 2.19. The fourth-order valence-corrected chi connectivity index (χ4v) is 1.23. The number of hydrogen-bond donors (Lipinski definition) is 2. The fraction of sp³-hybridized carbons (Fsp3) is 0.750. The Balaban J connectivity index is 4.30. The quantitative estimate of drug-likeness (QED) is 0.666. The number of rotatable bonds is 7. The van der Waals surface area contributed by atoms with Crippen molar-refractivity contribution < 1.29 is 24.2 Å². The minimum Gasteiger partial charge on any atom is -0.481 e. The highest BCUT2D eigenvalue weighted by atomic mass is 16.5. The first-order chi connectivity index (χ1) is 8.76. The number of likely N-dealkylation sites (N-methyl/N-ethyl adjacent to an activating group) is 1. The molecular formula is C12H22N2O5. The first kappa shape index (κ1) is 17.2. The van der Waals surface area contributed by atoms with Crippen LogP contribution in [0, 0.1) is 5.41 Å². The number of carboxylic acids is 1. The molecule has 0 heterocycles. The van der Waals surface area contributed by atoms with Crippen LogP contribution >= 0.6 is 0 Å². The molecule has 0 saturated carbocycles. The van der Waals surface area contributed by atoms with E-state index in [4.69, 9.17) is 9.84 Å². The lowest BCUT2D eigenvalue weighted by Gasteiger charge is -2.25. The number of urea groups is 1.